The van der Waals surface area contributed by atoms with Gasteiger partial charge >= 0.3 is 6.09 Å². The highest BCUT2D eigenvalue weighted by Crippen LogP contribution is 2.25. The van der Waals surface area contributed by atoms with E-state index >= 15 is 0 Å². The van der Waals surface area contributed by atoms with Gasteiger partial charge in [-0.2, -0.15) is 5.10 Å². The largest absolute Gasteiger partial charge is 0.444 e. The number of alkyl carbamates (subject to hydrolysis) is 1. The molecule has 4 aromatic rings. The van der Waals surface area contributed by atoms with Gasteiger partial charge < -0.3 is 19.8 Å². The van der Waals surface area contributed by atoms with E-state index in [-0.39, 0.29) is 6.61 Å². The molecule has 1 heterocycles. The molecular weight excluding hydrogens is 456 g/mol. The normalized spacial score (nSPS) is 12.6. The van der Waals surface area contributed by atoms with Gasteiger partial charge in [-0.25, -0.2) is 10.2 Å². The number of hydrazone groups is 1. The maximum atomic E-state index is 12.8. The van der Waals surface area contributed by atoms with E-state index in [0.717, 1.165) is 32.9 Å². The average molecular weight is 487 g/mol. The molecule has 0 unspecified atom stereocenters. The maximum absolute atomic E-state index is 12.8. The van der Waals surface area contributed by atoms with Crippen molar-refractivity contribution in [3.8, 4) is 0 Å². The zero-order valence-electron chi connectivity index (χ0n) is 20.6. The lowest BCUT2D eigenvalue weighted by atomic mass is 10.1. The highest BCUT2D eigenvalue weighted by atomic mass is 16.6. The van der Waals surface area contributed by atoms with Gasteiger partial charge in [0.25, 0.3) is 5.91 Å². The van der Waals surface area contributed by atoms with E-state index in [1.807, 2.05) is 66.7 Å². The van der Waals surface area contributed by atoms with Gasteiger partial charge in [-0.3, -0.25) is 4.79 Å². The van der Waals surface area contributed by atoms with Crippen LogP contribution in [0.15, 0.2) is 77.9 Å². The van der Waals surface area contributed by atoms with Gasteiger partial charge in [0.2, 0.25) is 0 Å². The number of carbonyl (C=O) groups excluding carboxylic acids is 2. The Morgan fingerprint density at radius 3 is 2.47 bits per heavy atom. The molecule has 8 nitrogen and oxygen atoms in total. The number of nitrogens with one attached hydrogen (secondary N) is 3. The number of nitrogens with zero attached hydrogens (tertiary/aromatic N) is 1. The molecule has 0 aliphatic rings. The molecule has 0 saturated heterocycles. The monoisotopic (exact) mass is 486 g/mol. The Kier molecular flexibility index (Phi) is 7.65. The van der Waals surface area contributed by atoms with Gasteiger partial charge in [-0.15, -0.1) is 0 Å². The highest BCUT2D eigenvalue weighted by molar-refractivity contribution is 6.08. The predicted molar refractivity (Wildman–Crippen MR) is 141 cm³/mol. The number of ether oxygens (including phenoxy) is 2. The summed E-state index contributed by atoms with van der Waals surface area (Å²) in [5, 5.41) is 8.86. The van der Waals surface area contributed by atoms with Crippen molar-refractivity contribution < 1.29 is 19.1 Å². The lowest BCUT2D eigenvalue weighted by Gasteiger charge is -2.22. The minimum absolute atomic E-state index is 0.0449. The molecular formula is C28H30N4O4. The van der Waals surface area contributed by atoms with E-state index in [9.17, 15) is 9.59 Å². The van der Waals surface area contributed by atoms with Crippen LogP contribution in [0.5, 0.6) is 0 Å². The Bertz CT molecular complexity index is 1370. The standard InChI is InChI=1S/C28H30N4O4/c1-28(2,3)36-27(34)31-25(18-35-17-19-9-5-4-6-10-19)26(33)32-29-16-20-13-14-24-22(15-20)21-11-7-8-12-23(21)30-24/h4-16,25,30H,17-18H2,1-3H3,(H,31,34)(H,32,33)/b29-16-/t25-/m0/s1. The van der Waals surface area contributed by atoms with E-state index < -0.39 is 23.6 Å². The molecule has 1 atom stereocenters. The summed E-state index contributed by atoms with van der Waals surface area (Å²) >= 11 is 0. The van der Waals surface area contributed by atoms with Gasteiger partial charge in [0.1, 0.15) is 11.6 Å². The van der Waals surface area contributed by atoms with Crippen molar-refractivity contribution in [2.24, 2.45) is 5.10 Å². The first-order valence-electron chi connectivity index (χ1n) is 11.7. The van der Waals surface area contributed by atoms with Crippen molar-refractivity contribution in [3.05, 3.63) is 83.9 Å². The van der Waals surface area contributed by atoms with Gasteiger partial charge in [0, 0.05) is 21.8 Å². The van der Waals surface area contributed by atoms with Crippen molar-refractivity contribution in [1.82, 2.24) is 15.7 Å². The molecule has 3 aromatic carbocycles. The Hall–Kier alpha value is -4.17. The quantitative estimate of drug-likeness (QED) is 0.244. The molecule has 0 saturated carbocycles. The van der Waals surface area contributed by atoms with Gasteiger partial charge in [0.05, 0.1) is 19.4 Å². The molecule has 8 heteroatoms. The number of aromatic nitrogens is 1. The second kappa shape index (κ2) is 11.0. The summed E-state index contributed by atoms with van der Waals surface area (Å²) in [5.74, 6) is -0.515. The van der Waals surface area contributed by atoms with E-state index in [2.05, 4.69) is 26.9 Å². The molecule has 36 heavy (non-hydrogen) atoms. The lowest BCUT2D eigenvalue weighted by molar-refractivity contribution is -0.124. The van der Waals surface area contributed by atoms with Crippen LogP contribution in [-0.4, -0.2) is 41.4 Å². The molecule has 0 bridgehead atoms. The van der Waals surface area contributed by atoms with Crippen molar-refractivity contribution in [2.45, 2.75) is 39.0 Å². The predicted octanol–water partition coefficient (Wildman–Crippen LogP) is 4.88. The molecule has 1 aromatic heterocycles. The fourth-order valence-electron chi connectivity index (χ4n) is 3.70. The third-order valence-electron chi connectivity index (χ3n) is 5.32. The molecule has 186 valence electrons. The summed E-state index contributed by atoms with van der Waals surface area (Å²) in [6.45, 7) is 5.51. The van der Waals surface area contributed by atoms with Crippen molar-refractivity contribution in [3.63, 3.8) is 0 Å². The fraction of sp³-hybridized carbons (Fsp3) is 0.250. The van der Waals surface area contributed by atoms with Crippen LogP contribution in [0.3, 0.4) is 0 Å². The molecule has 0 spiro atoms. The second-order valence-electron chi connectivity index (χ2n) is 9.41. The van der Waals surface area contributed by atoms with E-state index in [0.29, 0.717) is 6.61 Å². The van der Waals surface area contributed by atoms with Crippen LogP contribution < -0.4 is 10.7 Å². The Morgan fingerprint density at radius 1 is 0.972 bits per heavy atom. The van der Waals surface area contributed by atoms with Crippen LogP contribution in [0.1, 0.15) is 31.9 Å². The van der Waals surface area contributed by atoms with Crippen LogP contribution in [0.4, 0.5) is 4.79 Å². The third kappa shape index (κ3) is 6.70. The Morgan fingerprint density at radius 2 is 1.69 bits per heavy atom. The molecule has 0 fully saturated rings. The minimum atomic E-state index is -0.989. The van der Waals surface area contributed by atoms with E-state index in [1.165, 1.54) is 0 Å². The van der Waals surface area contributed by atoms with Gasteiger partial charge in [-0.1, -0.05) is 54.6 Å². The SMILES string of the molecule is CC(C)(C)OC(=O)N[C@@H](COCc1ccccc1)C(=O)N/N=C\c1ccc2[nH]c3ccccc3c2c1. The summed E-state index contributed by atoms with van der Waals surface area (Å²) in [6.07, 6.45) is 0.855. The number of aromatic amines is 1. The smallest absolute Gasteiger partial charge is 0.408 e. The number of H-pyrrole nitrogens is 1. The first-order valence-corrected chi connectivity index (χ1v) is 11.7. The topological polar surface area (TPSA) is 105 Å². The summed E-state index contributed by atoms with van der Waals surface area (Å²) in [4.78, 5) is 28.5. The molecule has 2 amide bonds. The first-order chi connectivity index (χ1) is 17.3. The van der Waals surface area contributed by atoms with Crippen molar-refractivity contribution >= 4 is 40.0 Å². The summed E-state index contributed by atoms with van der Waals surface area (Å²) in [7, 11) is 0. The number of hydrogen-bond acceptors (Lipinski definition) is 5. The van der Waals surface area contributed by atoms with Crippen molar-refractivity contribution in [2.75, 3.05) is 6.61 Å². The number of fused-ring (bicyclic) bond motifs is 3. The number of hydrogen-bond donors (Lipinski definition) is 3. The van der Waals surface area contributed by atoms with E-state index in [1.54, 1.807) is 27.0 Å². The zero-order valence-corrected chi connectivity index (χ0v) is 20.6. The number of carbonyl (C=O) groups is 2. The van der Waals surface area contributed by atoms with Crippen LogP contribution in [0.25, 0.3) is 21.8 Å². The zero-order chi connectivity index (χ0) is 25.5. The van der Waals surface area contributed by atoms with Crippen LogP contribution in [-0.2, 0) is 20.9 Å². The molecule has 0 radical (unpaired) electrons. The minimum Gasteiger partial charge on any atom is -0.444 e. The number of benzene rings is 3. The van der Waals surface area contributed by atoms with Crippen LogP contribution in [0.2, 0.25) is 0 Å². The summed E-state index contributed by atoms with van der Waals surface area (Å²) in [5.41, 5.74) is 5.66. The highest BCUT2D eigenvalue weighted by Gasteiger charge is 2.24. The second-order valence-corrected chi connectivity index (χ2v) is 9.41. The van der Waals surface area contributed by atoms with E-state index in [4.69, 9.17) is 9.47 Å². The fourth-order valence-corrected chi connectivity index (χ4v) is 3.70. The molecule has 0 aliphatic heterocycles. The third-order valence-corrected chi connectivity index (χ3v) is 5.32. The maximum Gasteiger partial charge on any atom is 0.408 e. The number of para-hydroxylation sites is 1. The van der Waals surface area contributed by atoms with Gasteiger partial charge in [-0.05, 0) is 50.1 Å². The van der Waals surface area contributed by atoms with Crippen LogP contribution in [0, 0.1) is 0 Å². The molecule has 0 aliphatic carbocycles. The Labute approximate surface area is 209 Å². The molecule has 4 rings (SSSR count). The van der Waals surface area contributed by atoms with Gasteiger partial charge in [0.15, 0.2) is 0 Å². The summed E-state index contributed by atoms with van der Waals surface area (Å²) in [6, 6.07) is 22.5. The van der Waals surface area contributed by atoms with Crippen molar-refractivity contribution in [1.29, 1.82) is 0 Å². The lowest BCUT2D eigenvalue weighted by Crippen LogP contribution is -2.49. The average Bonchev–Trinajstić information content (AvgIpc) is 3.21. The van der Waals surface area contributed by atoms with Crippen LogP contribution >= 0.6 is 0 Å². The summed E-state index contributed by atoms with van der Waals surface area (Å²) < 4.78 is 11.0. The number of rotatable bonds is 8. The first kappa shape index (κ1) is 24.9. The molecule has 3 N–H and O–H groups in total. The Balaban J connectivity index is 1.41. The number of amides is 2.